The van der Waals surface area contributed by atoms with E-state index in [0.717, 1.165) is 0 Å². The third kappa shape index (κ3) is 1.61. The van der Waals surface area contributed by atoms with Crippen LogP contribution in [0.5, 0.6) is 0 Å². The summed E-state index contributed by atoms with van der Waals surface area (Å²) in [5, 5.41) is 0. The van der Waals surface area contributed by atoms with Crippen molar-refractivity contribution in [1.82, 2.24) is 0 Å². The maximum Gasteiger partial charge on any atom is 0.00794 e. The van der Waals surface area contributed by atoms with E-state index in [4.69, 9.17) is 5.73 Å². The second-order valence-electron chi connectivity index (χ2n) is 4.06. The fraction of sp³-hybridized carbons (Fsp3) is 0.500. The molecule has 2 rings (SSSR count). The molecule has 0 aliphatic heterocycles. The summed E-state index contributed by atoms with van der Waals surface area (Å²) in [6.07, 6.45) is 3.79. The highest BCUT2D eigenvalue weighted by molar-refractivity contribution is 5.33. The first-order valence-electron chi connectivity index (χ1n) is 5.12. The summed E-state index contributed by atoms with van der Waals surface area (Å²) in [6.45, 7) is 2.12. The van der Waals surface area contributed by atoms with Gasteiger partial charge in [-0.1, -0.05) is 24.3 Å². The quantitative estimate of drug-likeness (QED) is 0.697. The smallest absolute Gasteiger partial charge is 0.00794 e. The minimum atomic E-state index is 0.293. The molecule has 0 saturated heterocycles. The van der Waals surface area contributed by atoms with E-state index in [1.807, 2.05) is 0 Å². The molecule has 2 atom stereocenters. The van der Waals surface area contributed by atoms with Crippen LogP contribution in [-0.4, -0.2) is 6.04 Å². The first-order chi connectivity index (χ1) is 6.29. The molecule has 2 N–H and O–H groups in total. The van der Waals surface area contributed by atoms with Gasteiger partial charge in [-0.15, -0.1) is 0 Å². The molecule has 0 fully saturated rings. The summed E-state index contributed by atoms with van der Waals surface area (Å²) in [4.78, 5) is 0. The molecule has 1 aromatic carbocycles. The van der Waals surface area contributed by atoms with Crippen LogP contribution in [0.1, 0.15) is 36.8 Å². The van der Waals surface area contributed by atoms with Crippen molar-refractivity contribution in [3.63, 3.8) is 0 Å². The zero-order valence-electron chi connectivity index (χ0n) is 8.16. The van der Waals surface area contributed by atoms with Gasteiger partial charge in [-0.05, 0) is 43.2 Å². The number of rotatable bonds is 1. The lowest BCUT2D eigenvalue weighted by atomic mass is 9.79. The van der Waals surface area contributed by atoms with Gasteiger partial charge in [-0.25, -0.2) is 0 Å². The Kier molecular flexibility index (Phi) is 2.36. The van der Waals surface area contributed by atoms with E-state index in [1.165, 1.54) is 30.4 Å². The average molecular weight is 175 g/mol. The molecule has 0 radical (unpaired) electrons. The van der Waals surface area contributed by atoms with Gasteiger partial charge >= 0.3 is 0 Å². The number of hydrogen-bond donors (Lipinski definition) is 1. The molecule has 0 aromatic heterocycles. The van der Waals surface area contributed by atoms with Gasteiger partial charge in [0.05, 0.1) is 0 Å². The Morgan fingerprint density at radius 2 is 2.15 bits per heavy atom. The first-order valence-corrected chi connectivity index (χ1v) is 5.12. The minimum Gasteiger partial charge on any atom is -0.327 e. The van der Waals surface area contributed by atoms with Crippen LogP contribution in [0, 0.1) is 0 Å². The van der Waals surface area contributed by atoms with E-state index in [9.17, 15) is 0 Å². The van der Waals surface area contributed by atoms with Gasteiger partial charge < -0.3 is 5.73 Å². The topological polar surface area (TPSA) is 26.0 Å². The number of aryl methyl sites for hydroxylation is 1. The largest absolute Gasteiger partial charge is 0.327 e. The number of fused-ring (bicyclic) bond motifs is 1. The summed E-state index contributed by atoms with van der Waals surface area (Å²) in [5.74, 6) is 0.588. The van der Waals surface area contributed by atoms with Crippen LogP contribution in [0.3, 0.4) is 0 Å². The molecule has 1 heteroatoms. The maximum atomic E-state index is 5.98. The van der Waals surface area contributed by atoms with E-state index < -0.39 is 0 Å². The fourth-order valence-corrected chi connectivity index (χ4v) is 2.34. The van der Waals surface area contributed by atoms with Crippen LogP contribution in [-0.2, 0) is 6.42 Å². The van der Waals surface area contributed by atoms with Crippen LogP contribution in [0.2, 0.25) is 0 Å². The molecule has 1 unspecified atom stereocenters. The molecule has 0 amide bonds. The lowest BCUT2D eigenvalue weighted by Gasteiger charge is -2.28. The third-order valence-corrected chi connectivity index (χ3v) is 3.05. The standard InChI is InChI=1S/C12H17N/c1-9(13)11-8-4-6-10-5-2-3-7-12(10)11/h2-3,5,7,9,11H,4,6,8,13H2,1H3/t9-,11?/m0/s1. The van der Waals surface area contributed by atoms with E-state index in [1.54, 1.807) is 0 Å². The Bertz CT molecular complexity index is 291. The van der Waals surface area contributed by atoms with Crippen molar-refractivity contribution in [2.24, 2.45) is 5.73 Å². The van der Waals surface area contributed by atoms with Crippen LogP contribution >= 0.6 is 0 Å². The van der Waals surface area contributed by atoms with Crippen LogP contribution in [0.25, 0.3) is 0 Å². The highest BCUT2D eigenvalue weighted by Gasteiger charge is 2.22. The van der Waals surface area contributed by atoms with Gasteiger partial charge in [-0.3, -0.25) is 0 Å². The highest BCUT2D eigenvalue weighted by atomic mass is 14.6. The molecule has 0 spiro atoms. The second-order valence-corrected chi connectivity index (χ2v) is 4.06. The summed E-state index contributed by atoms with van der Waals surface area (Å²) in [5.41, 5.74) is 8.98. The van der Waals surface area contributed by atoms with Gasteiger partial charge in [0.1, 0.15) is 0 Å². The number of hydrogen-bond acceptors (Lipinski definition) is 1. The van der Waals surface area contributed by atoms with Crippen LogP contribution in [0.4, 0.5) is 0 Å². The van der Waals surface area contributed by atoms with Crippen molar-refractivity contribution in [1.29, 1.82) is 0 Å². The molecule has 0 heterocycles. The summed E-state index contributed by atoms with van der Waals surface area (Å²) in [6, 6.07) is 9.02. The Balaban J connectivity index is 2.37. The van der Waals surface area contributed by atoms with Crippen molar-refractivity contribution in [2.75, 3.05) is 0 Å². The van der Waals surface area contributed by atoms with Crippen molar-refractivity contribution in [3.8, 4) is 0 Å². The first kappa shape index (κ1) is 8.76. The molecule has 1 nitrogen and oxygen atoms in total. The minimum absolute atomic E-state index is 0.293. The molecular weight excluding hydrogens is 158 g/mol. The van der Waals surface area contributed by atoms with Crippen molar-refractivity contribution in [2.45, 2.75) is 38.1 Å². The Labute approximate surface area is 80.0 Å². The third-order valence-electron chi connectivity index (χ3n) is 3.05. The molecule has 1 aliphatic carbocycles. The van der Waals surface area contributed by atoms with E-state index in [2.05, 4.69) is 31.2 Å². The van der Waals surface area contributed by atoms with E-state index >= 15 is 0 Å². The normalized spacial score (nSPS) is 23.7. The lowest BCUT2D eigenvalue weighted by Crippen LogP contribution is -2.27. The van der Waals surface area contributed by atoms with Crippen molar-refractivity contribution >= 4 is 0 Å². The number of nitrogens with two attached hydrogens (primary N) is 1. The molecule has 0 saturated carbocycles. The van der Waals surface area contributed by atoms with Gasteiger partial charge in [0.2, 0.25) is 0 Å². The molecule has 70 valence electrons. The van der Waals surface area contributed by atoms with Gasteiger partial charge in [0.15, 0.2) is 0 Å². The summed E-state index contributed by atoms with van der Waals surface area (Å²) in [7, 11) is 0. The summed E-state index contributed by atoms with van der Waals surface area (Å²) >= 11 is 0. The van der Waals surface area contributed by atoms with Crippen molar-refractivity contribution < 1.29 is 0 Å². The van der Waals surface area contributed by atoms with E-state index in [-0.39, 0.29) is 0 Å². The zero-order chi connectivity index (χ0) is 9.26. The predicted octanol–water partition coefficient (Wildman–Crippen LogP) is 2.45. The lowest BCUT2D eigenvalue weighted by molar-refractivity contribution is 0.485. The Morgan fingerprint density at radius 3 is 2.92 bits per heavy atom. The SMILES string of the molecule is C[C@H](N)C1CCCc2ccccc21. The molecular formula is C12H17N. The Hall–Kier alpha value is -0.820. The second kappa shape index (κ2) is 3.51. The predicted molar refractivity (Wildman–Crippen MR) is 55.8 cm³/mol. The van der Waals surface area contributed by atoms with Gasteiger partial charge in [0, 0.05) is 6.04 Å². The van der Waals surface area contributed by atoms with Crippen LogP contribution < -0.4 is 5.73 Å². The highest BCUT2D eigenvalue weighted by Crippen LogP contribution is 2.32. The van der Waals surface area contributed by atoms with Crippen molar-refractivity contribution in [3.05, 3.63) is 35.4 Å². The number of benzene rings is 1. The molecule has 1 aliphatic rings. The fourth-order valence-electron chi connectivity index (χ4n) is 2.34. The Morgan fingerprint density at radius 1 is 1.38 bits per heavy atom. The zero-order valence-corrected chi connectivity index (χ0v) is 8.16. The van der Waals surface area contributed by atoms with E-state index in [0.29, 0.717) is 12.0 Å². The molecule has 1 aromatic rings. The maximum absolute atomic E-state index is 5.98. The monoisotopic (exact) mass is 175 g/mol. The molecule has 13 heavy (non-hydrogen) atoms. The van der Waals surface area contributed by atoms with Gasteiger partial charge in [-0.2, -0.15) is 0 Å². The van der Waals surface area contributed by atoms with Crippen LogP contribution in [0.15, 0.2) is 24.3 Å². The van der Waals surface area contributed by atoms with Gasteiger partial charge in [0.25, 0.3) is 0 Å². The summed E-state index contributed by atoms with van der Waals surface area (Å²) < 4.78 is 0. The average Bonchev–Trinajstić information content (AvgIpc) is 2.17. The molecule has 0 bridgehead atoms.